The number of fused-ring (bicyclic) bond motifs is 2. The van der Waals surface area contributed by atoms with Gasteiger partial charge in [-0.25, -0.2) is 44.4 Å². The maximum absolute atomic E-state index is 15.7. The molecule has 1 aliphatic heterocycles. The molecule has 5 aromatic carbocycles. The summed E-state index contributed by atoms with van der Waals surface area (Å²) in [6.07, 6.45) is 5.89. The fourth-order valence-electron chi connectivity index (χ4n) is 9.69. The molecule has 0 bridgehead atoms. The second-order valence-corrected chi connectivity index (χ2v) is 31.2. The van der Waals surface area contributed by atoms with Gasteiger partial charge in [-0.2, -0.15) is 0 Å². The molecule has 5 heterocycles. The lowest BCUT2D eigenvalue weighted by molar-refractivity contribution is 0.00578. The smallest absolute Gasteiger partial charge is 0.488 e. The number of hydrogen-bond acceptors (Lipinski definition) is 13. The Morgan fingerprint density at radius 3 is 1.64 bits per heavy atom. The molecule has 96 heavy (non-hydrogen) atoms. The van der Waals surface area contributed by atoms with Crippen molar-refractivity contribution < 1.29 is 71.8 Å². The predicted octanol–water partition coefficient (Wildman–Crippen LogP) is 17.7. The van der Waals surface area contributed by atoms with E-state index in [1.54, 1.807) is 56.4 Å². The van der Waals surface area contributed by atoms with Crippen molar-refractivity contribution in [1.29, 1.82) is 0 Å². The van der Waals surface area contributed by atoms with Crippen LogP contribution in [0.25, 0.3) is 33.2 Å². The fourth-order valence-corrected chi connectivity index (χ4v) is 13.2. The highest BCUT2D eigenvalue weighted by Crippen LogP contribution is 2.39. The molecule has 3 N–H and O–H groups in total. The summed E-state index contributed by atoms with van der Waals surface area (Å²) in [5.74, 6) is -7.18. The van der Waals surface area contributed by atoms with E-state index in [-0.39, 0.29) is 65.6 Å². The molecule has 10 rings (SSSR count). The zero-order valence-corrected chi connectivity index (χ0v) is 60.2. The standard InChI is InChI=1S/C30H28BCl2F2N3O6S.C27H26ClF2N3O4S.C10H12BrClO.3H2/c1-6-12-45(41,42)37-22-11-10-21(34)24(25(22)35)26(39)18-15-38(28(40)23-19(32)8-7-9-20(23)33)27-17(18)13-16(14-36-27)31-43-29(2,3)30(4,5)44-31;1-5-10-38(35,36)33-22-9-8-21(29)23(24(22)30)25(34)19-14-32-26-18(19)11-15(13-31-26)17-7-6-16(12-20(17)28)37-27(2,3)4;1-10(2,3)13-7-4-5-8(11)9(12)6-7;;;/h7-11,13-15,37H,6,12H2,1-5H3;6-9,11-14,33H,5,10H2,1-4H3,(H,31,32);4-6H,1-3H3;3*1H. The van der Waals surface area contributed by atoms with Crippen molar-refractivity contribution in [3.8, 4) is 22.6 Å². The number of rotatable bonds is 17. The minimum atomic E-state index is -3.98. The number of ketones is 2. The van der Waals surface area contributed by atoms with Crippen LogP contribution in [0.3, 0.4) is 0 Å². The van der Waals surface area contributed by atoms with Crippen LogP contribution in [0.1, 0.15) is 142 Å². The lowest BCUT2D eigenvalue weighted by atomic mass is 9.79. The predicted molar refractivity (Wildman–Crippen MR) is 379 cm³/mol. The number of H-pyrrole nitrogens is 1. The lowest BCUT2D eigenvalue weighted by Gasteiger charge is -2.32. The van der Waals surface area contributed by atoms with E-state index in [1.807, 2.05) is 81.4 Å². The molecule has 1 saturated heterocycles. The third kappa shape index (κ3) is 17.2. The van der Waals surface area contributed by atoms with Gasteiger partial charge in [-0.1, -0.05) is 66.3 Å². The van der Waals surface area contributed by atoms with Crippen molar-refractivity contribution in [1.82, 2.24) is 19.5 Å². The molecule has 9 aromatic rings. The van der Waals surface area contributed by atoms with Gasteiger partial charge in [-0.3, -0.25) is 28.4 Å². The van der Waals surface area contributed by atoms with Gasteiger partial charge in [0.05, 0.1) is 76.4 Å². The first-order chi connectivity index (χ1) is 44.7. The Morgan fingerprint density at radius 1 is 0.646 bits per heavy atom. The van der Waals surface area contributed by atoms with Crippen LogP contribution in [-0.2, 0) is 29.4 Å². The maximum atomic E-state index is 15.7. The molecule has 4 aromatic heterocycles. The van der Waals surface area contributed by atoms with Crippen molar-refractivity contribution in [2.24, 2.45) is 0 Å². The molecular formula is C67H72BBrCl4F4N6O11S2. The first-order valence-electron chi connectivity index (χ1n) is 29.7. The number of sulfonamides is 2. The molecule has 0 atom stereocenters. The van der Waals surface area contributed by atoms with Crippen LogP contribution in [0.5, 0.6) is 11.5 Å². The van der Waals surface area contributed by atoms with Gasteiger partial charge in [-0.05, 0) is 183 Å². The zero-order valence-electron chi connectivity index (χ0n) is 53.9. The SMILES string of the molecule is CC(C)(C)Oc1ccc(Br)c(Cl)c1.CCCS(=O)(=O)Nc1ccc(F)c(C(=O)c2c[nH]c3ncc(-c4ccc(OC(C)(C)C)cc4Cl)cc23)c1F.CCCS(=O)(=O)Nc1ccc(F)c(C(=O)c2cn(C(=O)c3c(Cl)cccc3Cl)c3ncc(B4OC(C)(C)C(C)(C)O4)cc23)c1F.[HH].[HH].[HH]. The first kappa shape index (κ1) is 74.7. The number of pyridine rings is 2. The van der Waals surface area contributed by atoms with E-state index < -0.39 is 107 Å². The van der Waals surface area contributed by atoms with Crippen LogP contribution in [0.15, 0.2) is 120 Å². The molecule has 1 fully saturated rings. The summed E-state index contributed by atoms with van der Waals surface area (Å²) >= 11 is 28.3. The molecule has 0 unspecified atom stereocenters. The quantitative estimate of drug-likeness (QED) is 0.0438. The molecule has 0 amide bonds. The van der Waals surface area contributed by atoms with Gasteiger partial charge >= 0.3 is 7.12 Å². The number of nitrogens with one attached hydrogen (secondary N) is 3. The van der Waals surface area contributed by atoms with Crippen LogP contribution < -0.4 is 24.4 Å². The van der Waals surface area contributed by atoms with E-state index in [1.165, 1.54) is 30.6 Å². The van der Waals surface area contributed by atoms with E-state index in [4.69, 9.17) is 65.2 Å². The van der Waals surface area contributed by atoms with Crippen LogP contribution >= 0.6 is 62.3 Å². The number of carbonyl (C=O) groups excluding carboxylic acids is 3. The molecule has 0 aliphatic carbocycles. The number of aromatic amines is 1. The summed E-state index contributed by atoms with van der Waals surface area (Å²) in [5, 5.41) is 1.47. The van der Waals surface area contributed by atoms with Crippen LogP contribution in [0.4, 0.5) is 28.9 Å². The Bertz CT molecular complexity index is 4740. The summed E-state index contributed by atoms with van der Waals surface area (Å²) in [4.78, 5) is 52.7. The molecule has 1 aliphatic rings. The molecule has 0 radical (unpaired) electrons. The van der Waals surface area contributed by atoms with Crippen molar-refractivity contribution in [3.05, 3.63) is 191 Å². The van der Waals surface area contributed by atoms with E-state index in [0.717, 1.165) is 45.3 Å². The fraction of sp³-hybridized carbons (Fsp3) is 0.299. The second kappa shape index (κ2) is 29.2. The van der Waals surface area contributed by atoms with Gasteiger partial charge in [-0.15, -0.1) is 0 Å². The average molecular weight is 1510 g/mol. The van der Waals surface area contributed by atoms with Gasteiger partial charge < -0.3 is 23.8 Å². The Hall–Kier alpha value is -7.07. The molecular weight excluding hydrogens is 1440 g/mol. The number of anilines is 2. The zero-order chi connectivity index (χ0) is 70.9. The molecule has 17 nitrogen and oxygen atoms in total. The van der Waals surface area contributed by atoms with Crippen molar-refractivity contribution in [2.75, 3.05) is 20.9 Å². The molecule has 0 saturated carbocycles. The van der Waals surface area contributed by atoms with Crippen LogP contribution in [-0.4, -0.2) is 94.9 Å². The molecule has 514 valence electrons. The first-order valence-corrected chi connectivity index (χ1v) is 35.3. The highest BCUT2D eigenvalue weighted by Gasteiger charge is 2.52. The topological polar surface area (TPSA) is 227 Å². The summed E-state index contributed by atoms with van der Waals surface area (Å²) in [6, 6.07) is 21.8. The lowest BCUT2D eigenvalue weighted by Crippen LogP contribution is -2.41. The number of halogens is 9. The average Bonchev–Trinajstić information content (AvgIpc) is 1.62. The Kier molecular flexibility index (Phi) is 22.7. The van der Waals surface area contributed by atoms with Gasteiger partial charge in [0.25, 0.3) is 5.91 Å². The number of carbonyl (C=O) groups is 3. The van der Waals surface area contributed by atoms with Crippen LogP contribution in [0, 0.1) is 23.3 Å². The van der Waals surface area contributed by atoms with Gasteiger partial charge in [0, 0.05) is 66.5 Å². The number of aromatic nitrogens is 4. The summed E-state index contributed by atoms with van der Waals surface area (Å²) in [7, 11) is -8.76. The minimum Gasteiger partial charge on any atom is -0.488 e. The largest absolute Gasteiger partial charge is 0.496 e. The van der Waals surface area contributed by atoms with E-state index >= 15 is 13.2 Å². The van der Waals surface area contributed by atoms with E-state index in [2.05, 4.69) is 40.3 Å². The molecule has 0 spiro atoms. The number of hydrogen-bond donors (Lipinski definition) is 3. The Labute approximate surface area is 586 Å². The highest BCUT2D eigenvalue weighted by molar-refractivity contribution is 9.10. The number of benzene rings is 5. The van der Waals surface area contributed by atoms with Crippen molar-refractivity contribution in [3.63, 3.8) is 0 Å². The van der Waals surface area contributed by atoms with Crippen molar-refractivity contribution >= 4 is 146 Å². The third-order valence-electron chi connectivity index (χ3n) is 14.7. The monoisotopic (exact) mass is 1510 g/mol. The maximum Gasteiger partial charge on any atom is 0.496 e. The van der Waals surface area contributed by atoms with Gasteiger partial charge in [0.1, 0.15) is 45.6 Å². The Balaban J connectivity index is 0.000000297. The summed E-state index contributed by atoms with van der Waals surface area (Å²) in [6.45, 7) is 22.4. The summed E-state index contributed by atoms with van der Waals surface area (Å²) in [5.41, 5.74) is -3.64. The Morgan fingerprint density at radius 2 is 1.15 bits per heavy atom. The van der Waals surface area contributed by atoms with Crippen LogP contribution in [0.2, 0.25) is 20.1 Å². The normalized spacial score (nSPS) is 13.8. The van der Waals surface area contributed by atoms with Crippen molar-refractivity contribution in [2.45, 2.75) is 118 Å². The van der Waals surface area contributed by atoms with Gasteiger partial charge in [0.2, 0.25) is 31.6 Å². The van der Waals surface area contributed by atoms with E-state index in [0.29, 0.717) is 49.8 Å². The highest BCUT2D eigenvalue weighted by atomic mass is 79.9. The summed E-state index contributed by atoms with van der Waals surface area (Å²) < 4.78 is 140. The van der Waals surface area contributed by atoms with E-state index in [9.17, 15) is 35.6 Å². The minimum absolute atomic E-state index is 0. The molecule has 29 heteroatoms. The number of ether oxygens (including phenoxy) is 2. The van der Waals surface area contributed by atoms with Gasteiger partial charge in [0.15, 0.2) is 11.6 Å². The second-order valence-electron chi connectivity index (χ2n) is 25.1. The number of nitrogens with zero attached hydrogens (tertiary/aromatic N) is 3. The third-order valence-corrected chi connectivity index (χ3v) is 19.8.